The van der Waals surface area contributed by atoms with E-state index in [2.05, 4.69) is 22.2 Å². The van der Waals surface area contributed by atoms with Crippen molar-refractivity contribution in [2.24, 2.45) is 7.05 Å². The van der Waals surface area contributed by atoms with Crippen LogP contribution in [0.25, 0.3) is 11.0 Å². The molecule has 1 amide bonds. The van der Waals surface area contributed by atoms with Gasteiger partial charge in [-0.05, 0) is 30.2 Å². The number of anilines is 2. The number of nitrogens with zero attached hydrogens (tertiary/aromatic N) is 5. The highest BCUT2D eigenvalue weighted by molar-refractivity contribution is 5.95. The van der Waals surface area contributed by atoms with Crippen molar-refractivity contribution < 1.29 is 4.79 Å². The topological polar surface area (TPSA) is 86.8 Å². The first-order valence-corrected chi connectivity index (χ1v) is 8.84. The van der Waals surface area contributed by atoms with E-state index in [9.17, 15) is 4.79 Å². The second-order valence-electron chi connectivity index (χ2n) is 6.31. The fourth-order valence-corrected chi connectivity index (χ4v) is 3.00. The lowest BCUT2D eigenvalue weighted by Crippen LogP contribution is -2.24. The van der Waals surface area contributed by atoms with Crippen LogP contribution >= 0.6 is 0 Å². The maximum absolute atomic E-state index is 12.2. The van der Waals surface area contributed by atoms with E-state index in [0.717, 1.165) is 34.5 Å². The highest BCUT2D eigenvalue weighted by Gasteiger charge is 2.14. The number of nitriles is 1. The highest BCUT2D eigenvalue weighted by Crippen LogP contribution is 2.28. The second kappa shape index (κ2) is 7.87. The molecular formula is C20H22N6O. The minimum absolute atomic E-state index is 0.163. The van der Waals surface area contributed by atoms with Crippen LogP contribution in [0.3, 0.4) is 0 Å². The Hall–Kier alpha value is -3.40. The Kier molecular flexibility index (Phi) is 5.36. The van der Waals surface area contributed by atoms with Crippen molar-refractivity contribution >= 4 is 28.4 Å². The van der Waals surface area contributed by atoms with Crippen LogP contribution in [0, 0.1) is 11.3 Å². The van der Waals surface area contributed by atoms with E-state index < -0.39 is 0 Å². The van der Waals surface area contributed by atoms with Gasteiger partial charge >= 0.3 is 0 Å². The summed E-state index contributed by atoms with van der Waals surface area (Å²) in [5.41, 5.74) is 4.52. The van der Waals surface area contributed by atoms with Crippen LogP contribution in [0.1, 0.15) is 29.3 Å². The average molecular weight is 362 g/mol. The Morgan fingerprint density at radius 2 is 2.15 bits per heavy atom. The molecule has 0 saturated heterocycles. The number of aryl methyl sites for hydroxylation is 2. The van der Waals surface area contributed by atoms with E-state index in [1.165, 1.54) is 0 Å². The average Bonchev–Trinajstić information content (AvgIpc) is 3.07. The lowest BCUT2D eigenvalue weighted by atomic mass is 10.0. The molecule has 0 radical (unpaired) electrons. The Morgan fingerprint density at radius 1 is 1.33 bits per heavy atom. The van der Waals surface area contributed by atoms with E-state index in [1.807, 2.05) is 47.8 Å². The van der Waals surface area contributed by atoms with E-state index in [-0.39, 0.29) is 5.91 Å². The number of amides is 1. The number of imidazole rings is 1. The van der Waals surface area contributed by atoms with Crippen LogP contribution in [0.5, 0.6) is 0 Å². The van der Waals surface area contributed by atoms with Crippen molar-refractivity contribution in [1.29, 1.82) is 5.26 Å². The lowest BCUT2D eigenvalue weighted by molar-refractivity contribution is 0.0954. The van der Waals surface area contributed by atoms with Gasteiger partial charge < -0.3 is 14.8 Å². The molecule has 1 N–H and O–H groups in total. The molecule has 2 aromatic heterocycles. The quantitative estimate of drug-likeness (QED) is 0.681. The fourth-order valence-electron chi connectivity index (χ4n) is 3.00. The largest absolute Gasteiger partial charge is 0.351 e. The Bertz CT molecular complexity index is 1020. The van der Waals surface area contributed by atoms with Crippen LogP contribution in [0.4, 0.5) is 11.5 Å². The molecule has 138 valence electrons. The molecule has 3 rings (SSSR count). The molecule has 0 unspecified atom stereocenters. The number of carbonyl (C=O) groups excluding carboxylic acids is 1. The minimum atomic E-state index is -0.163. The highest BCUT2D eigenvalue weighted by atomic mass is 16.1. The van der Waals surface area contributed by atoms with Crippen LogP contribution < -0.4 is 10.2 Å². The van der Waals surface area contributed by atoms with Gasteiger partial charge in [0.2, 0.25) is 0 Å². The molecule has 0 saturated carbocycles. The van der Waals surface area contributed by atoms with Gasteiger partial charge in [-0.15, -0.1) is 0 Å². The molecule has 0 spiro atoms. The summed E-state index contributed by atoms with van der Waals surface area (Å²) in [5.74, 6) is 0.649. The number of aromatic nitrogens is 3. The van der Waals surface area contributed by atoms with E-state index in [1.54, 1.807) is 18.6 Å². The molecule has 0 aliphatic heterocycles. The monoisotopic (exact) mass is 362 g/mol. The summed E-state index contributed by atoms with van der Waals surface area (Å²) in [6, 6.07) is 9.66. The van der Waals surface area contributed by atoms with Gasteiger partial charge in [0.1, 0.15) is 11.3 Å². The third-order valence-electron chi connectivity index (χ3n) is 4.55. The van der Waals surface area contributed by atoms with Crippen molar-refractivity contribution in [2.75, 3.05) is 18.5 Å². The van der Waals surface area contributed by atoms with E-state index >= 15 is 0 Å². The minimum Gasteiger partial charge on any atom is -0.351 e. The van der Waals surface area contributed by atoms with E-state index in [0.29, 0.717) is 18.5 Å². The fraction of sp³-hybridized carbons (Fsp3) is 0.300. The normalized spacial score (nSPS) is 10.6. The van der Waals surface area contributed by atoms with E-state index in [4.69, 9.17) is 5.26 Å². The van der Waals surface area contributed by atoms with Crippen LogP contribution in [0.2, 0.25) is 0 Å². The van der Waals surface area contributed by atoms with Crippen LogP contribution in [0.15, 0.2) is 36.8 Å². The third kappa shape index (κ3) is 3.75. The second-order valence-corrected chi connectivity index (χ2v) is 6.31. The lowest BCUT2D eigenvalue weighted by Gasteiger charge is -2.22. The van der Waals surface area contributed by atoms with Gasteiger partial charge in [0.05, 0.1) is 30.5 Å². The first-order valence-electron chi connectivity index (χ1n) is 8.84. The van der Waals surface area contributed by atoms with Gasteiger partial charge in [-0.25, -0.2) is 9.97 Å². The van der Waals surface area contributed by atoms with Crippen molar-refractivity contribution in [1.82, 2.24) is 19.9 Å². The first-order chi connectivity index (χ1) is 13.0. The van der Waals surface area contributed by atoms with Crippen molar-refractivity contribution in [3.05, 3.63) is 47.9 Å². The maximum atomic E-state index is 12.2. The summed E-state index contributed by atoms with van der Waals surface area (Å²) in [7, 11) is 3.92. The number of nitrogens with one attached hydrogen (secondary N) is 1. The molecule has 0 aliphatic rings. The predicted octanol–water partition coefficient (Wildman–Crippen LogP) is 2.94. The summed E-state index contributed by atoms with van der Waals surface area (Å²) in [6.07, 6.45) is 4.62. The zero-order valence-corrected chi connectivity index (χ0v) is 15.7. The van der Waals surface area contributed by atoms with Crippen molar-refractivity contribution in [3.63, 3.8) is 0 Å². The summed E-state index contributed by atoms with van der Waals surface area (Å²) in [6.45, 7) is 2.41. The van der Waals surface area contributed by atoms with Crippen molar-refractivity contribution in [2.45, 2.75) is 19.8 Å². The smallest absolute Gasteiger partial charge is 0.251 e. The number of pyridine rings is 1. The summed E-state index contributed by atoms with van der Waals surface area (Å²) < 4.78 is 1.96. The number of rotatable bonds is 6. The van der Waals surface area contributed by atoms with Gasteiger partial charge in [0, 0.05) is 38.0 Å². The molecule has 3 aromatic rings. The molecule has 27 heavy (non-hydrogen) atoms. The maximum Gasteiger partial charge on any atom is 0.251 e. The molecule has 0 atom stereocenters. The standard InChI is InChI=1S/C20H22N6O/c1-4-14-10-15(20(27)22-9-5-8-21)6-7-17(14)26(3)19-11-18-16(12-23-19)24-13-25(18)2/h6-7,10-13H,4-5,9H2,1-3H3,(H,22,27). The summed E-state index contributed by atoms with van der Waals surface area (Å²) in [4.78, 5) is 23.1. The van der Waals surface area contributed by atoms with Crippen LogP contribution in [-0.2, 0) is 13.5 Å². The van der Waals surface area contributed by atoms with Gasteiger partial charge in [-0.3, -0.25) is 4.79 Å². The van der Waals surface area contributed by atoms with Crippen molar-refractivity contribution in [3.8, 4) is 6.07 Å². The number of hydrogen-bond donors (Lipinski definition) is 1. The zero-order chi connectivity index (χ0) is 19.4. The van der Waals surface area contributed by atoms with Crippen LogP contribution in [-0.4, -0.2) is 34.0 Å². The number of carbonyl (C=O) groups is 1. The number of hydrogen-bond acceptors (Lipinski definition) is 5. The third-order valence-corrected chi connectivity index (χ3v) is 4.55. The van der Waals surface area contributed by atoms with Gasteiger partial charge in [-0.1, -0.05) is 6.92 Å². The molecule has 0 bridgehead atoms. The SMILES string of the molecule is CCc1cc(C(=O)NCCC#N)ccc1N(C)c1cc2c(cn1)ncn2C. The Balaban J connectivity index is 1.89. The first kappa shape index (κ1) is 18.4. The molecule has 7 heteroatoms. The summed E-state index contributed by atoms with van der Waals surface area (Å²) in [5, 5.41) is 11.3. The predicted molar refractivity (Wildman–Crippen MR) is 105 cm³/mol. The van der Waals surface area contributed by atoms with Gasteiger partial charge in [-0.2, -0.15) is 5.26 Å². The molecular weight excluding hydrogens is 340 g/mol. The Morgan fingerprint density at radius 3 is 2.89 bits per heavy atom. The van der Waals surface area contributed by atoms with Gasteiger partial charge in [0.25, 0.3) is 5.91 Å². The molecule has 1 aromatic carbocycles. The molecule has 0 fully saturated rings. The zero-order valence-electron chi connectivity index (χ0n) is 15.7. The number of benzene rings is 1. The summed E-state index contributed by atoms with van der Waals surface area (Å²) >= 11 is 0. The number of fused-ring (bicyclic) bond motifs is 1. The Labute approximate surface area is 158 Å². The molecule has 2 heterocycles. The van der Waals surface area contributed by atoms with Gasteiger partial charge in [0.15, 0.2) is 0 Å². The molecule has 7 nitrogen and oxygen atoms in total. The molecule has 0 aliphatic carbocycles.